The molecule has 2 bridgehead atoms. The Kier molecular flexibility index (Phi) is 2.33. The van der Waals surface area contributed by atoms with E-state index in [0.29, 0.717) is 6.23 Å². The van der Waals surface area contributed by atoms with Crippen LogP contribution in [-0.2, 0) is 4.74 Å². The van der Waals surface area contributed by atoms with Gasteiger partial charge in [-0.15, -0.1) is 12.4 Å². The third-order valence-electron chi connectivity index (χ3n) is 1.98. The van der Waals surface area contributed by atoms with Gasteiger partial charge in [0, 0.05) is 6.04 Å². The number of nitrogens with one attached hydrogen (secondary N) is 1. The van der Waals surface area contributed by atoms with E-state index in [1.807, 2.05) is 0 Å². The lowest BCUT2D eigenvalue weighted by atomic mass is 10.2. The monoisotopic (exact) mass is 149 g/mol. The van der Waals surface area contributed by atoms with E-state index in [2.05, 4.69) is 5.32 Å². The molecule has 0 spiro atoms. The molecule has 2 atom stereocenters. The number of rotatable bonds is 0. The molecule has 9 heavy (non-hydrogen) atoms. The highest BCUT2D eigenvalue weighted by Gasteiger charge is 2.27. The highest BCUT2D eigenvalue weighted by atomic mass is 35.5. The van der Waals surface area contributed by atoms with Crippen molar-refractivity contribution in [2.24, 2.45) is 0 Å². The van der Waals surface area contributed by atoms with Crippen molar-refractivity contribution < 1.29 is 4.74 Å². The lowest BCUT2D eigenvalue weighted by Crippen LogP contribution is -2.37. The Hall–Kier alpha value is 0.210. The molecular weight excluding hydrogens is 138 g/mol. The molecule has 2 fully saturated rings. The minimum Gasteiger partial charge on any atom is -0.363 e. The molecule has 2 aliphatic rings. The average molecular weight is 150 g/mol. The van der Waals surface area contributed by atoms with Gasteiger partial charge in [0.15, 0.2) is 0 Å². The molecule has 1 N–H and O–H groups in total. The molecule has 54 valence electrons. The normalized spacial score (nSPS) is 40.0. The van der Waals surface area contributed by atoms with Crippen LogP contribution in [0.4, 0.5) is 0 Å². The first-order valence-electron chi connectivity index (χ1n) is 3.33. The summed E-state index contributed by atoms with van der Waals surface area (Å²) in [4.78, 5) is 0. The van der Waals surface area contributed by atoms with Crippen molar-refractivity contribution in [1.29, 1.82) is 0 Å². The molecule has 0 aromatic rings. The van der Waals surface area contributed by atoms with E-state index < -0.39 is 0 Å². The second-order valence-electron chi connectivity index (χ2n) is 2.59. The molecule has 2 unspecified atom stereocenters. The Morgan fingerprint density at radius 1 is 1.22 bits per heavy atom. The van der Waals surface area contributed by atoms with Gasteiger partial charge in [-0.1, -0.05) is 0 Å². The summed E-state index contributed by atoms with van der Waals surface area (Å²) in [6.07, 6.45) is 4.18. The SMILES string of the molecule is C1CC2CCC(N2)O1.Cl. The zero-order valence-corrected chi connectivity index (χ0v) is 6.12. The molecule has 0 radical (unpaired) electrons. The number of halogens is 1. The zero-order chi connectivity index (χ0) is 5.40. The summed E-state index contributed by atoms with van der Waals surface area (Å²) in [5, 5.41) is 3.37. The minimum absolute atomic E-state index is 0. The van der Waals surface area contributed by atoms with Crippen molar-refractivity contribution in [1.82, 2.24) is 5.32 Å². The summed E-state index contributed by atoms with van der Waals surface area (Å²) in [6, 6.07) is 0.786. The van der Waals surface area contributed by atoms with Crippen LogP contribution in [0.3, 0.4) is 0 Å². The minimum atomic E-state index is 0. The van der Waals surface area contributed by atoms with E-state index in [-0.39, 0.29) is 12.4 Å². The van der Waals surface area contributed by atoms with Crippen LogP contribution in [0.15, 0.2) is 0 Å². The predicted molar refractivity (Wildman–Crippen MR) is 37.8 cm³/mol. The Balaban J connectivity index is 0.000000405. The number of hydrogen-bond acceptors (Lipinski definition) is 2. The molecule has 2 nitrogen and oxygen atoms in total. The average Bonchev–Trinajstić information content (AvgIpc) is 2.12. The van der Waals surface area contributed by atoms with Gasteiger partial charge in [0.05, 0.1) is 6.61 Å². The van der Waals surface area contributed by atoms with Crippen molar-refractivity contribution >= 4 is 12.4 Å². The molecule has 0 aliphatic carbocycles. The number of hydrogen-bond donors (Lipinski definition) is 1. The van der Waals surface area contributed by atoms with Gasteiger partial charge < -0.3 is 4.74 Å². The van der Waals surface area contributed by atoms with Crippen LogP contribution in [0.5, 0.6) is 0 Å². The largest absolute Gasteiger partial charge is 0.363 e. The number of fused-ring (bicyclic) bond motifs is 2. The molecule has 2 aliphatic heterocycles. The first-order chi connectivity index (χ1) is 3.95. The van der Waals surface area contributed by atoms with Crippen LogP contribution in [0.2, 0.25) is 0 Å². The summed E-state index contributed by atoms with van der Waals surface area (Å²) < 4.78 is 5.36. The first-order valence-corrected chi connectivity index (χ1v) is 3.33. The van der Waals surface area contributed by atoms with Crippen molar-refractivity contribution in [2.45, 2.75) is 31.5 Å². The van der Waals surface area contributed by atoms with E-state index in [4.69, 9.17) is 4.74 Å². The number of ether oxygens (including phenoxy) is 1. The van der Waals surface area contributed by atoms with Crippen molar-refractivity contribution in [3.63, 3.8) is 0 Å². The Labute approximate surface area is 61.4 Å². The summed E-state index contributed by atoms with van der Waals surface area (Å²) >= 11 is 0. The summed E-state index contributed by atoms with van der Waals surface area (Å²) in [5.41, 5.74) is 0. The van der Waals surface area contributed by atoms with E-state index in [0.717, 1.165) is 12.6 Å². The van der Waals surface area contributed by atoms with Crippen LogP contribution in [0, 0.1) is 0 Å². The van der Waals surface area contributed by atoms with Crippen molar-refractivity contribution in [2.75, 3.05) is 6.61 Å². The Bertz CT molecular complexity index is 85.1. The van der Waals surface area contributed by atoms with Crippen LogP contribution in [0.1, 0.15) is 19.3 Å². The maximum Gasteiger partial charge on any atom is 0.108 e. The van der Waals surface area contributed by atoms with Gasteiger partial charge in [0.2, 0.25) is 0 Å². The second-order valence-corrected chi connectivity index (χ2v) is 2.59. The van der Waals surface area contributed by atoms with E-state index in [1.54, 1.807) is 0 Å². The van der Waals surface area contributed by atoms with Crippen LogP contribution in [0.25, 0.3) is 0 Å². The lowest BCUT2D eigenvalue weighted by Gasteiger charge is -2.20. The molecular formula is C6H12ClNO. The molecule has 0 amide bonds. The van der Waals surface area contributed by atoms with Crippen LogP contribution in [-0.4, -0.2) is 18.9 Å². The predicted octanol–water partition coefficient (Wildman–Crippen LogP) is 0.907. The van der Waals surface area contributed by atoms with E-state index in [9.17, 15) is 0 Å². The van der Waals surface area contributed by atoms with Gasteiger partial charge in [0.1, 0.15) is 6.23 Å². The molecule has 3 heteroatoms. The summed E-state index contributed by atoms with van der Waals surface area (Å²) in [6.45, 7) is 0.975. The Morgan fingerprint density at radius 3 is 2.78 bits per heavy atom. The first kappa shape index (κ1) is 7.32. The topological polar surface area (TPSA) is 21.3 Å². The third-order valence-corrected chi connectivity index (χ3v) is 1.98. The smallest absolute Gasteiger partial charge is 0.108 e. The molecule has 0 aromatic carbocycles. The molecule has 0 aromatic heterocycles. The Morgan fingerprint density at radius 2 is 2.11 bits per heavy atom. The van der Waals surface area contributed by atoms with Crippen LogP contribution < -0.4 is 5.32 Å². The quantitative estimate of drug-likeness (QED) is 0.553. The fraction of sp³-hybridized carbons (Fsp3) is 1.00. The van der Waals surface area contributed by atoms with Gasteiger partial charge in [-0.2, -0.15) is 0 Å². The standard InChI is InChI=1S/C6H11NO.ClH/c1-2-6-7-5(1)3-4-8-6;/h5-7H,1-4H2;1H. The summed E-state index contributed by atoms with van der Waals surface area (Å²) in [5.74, 6) is 0. The van der Waals surface area contributed by atoms with Gasteiger partial charge >= 0.3 is 0 Å². The van der Waals surface area contributed by atoms with Crippen molar-refractivity contribution in [3.05, 3.63) is 0 Å². The van der Waals surface area contributed by atoms with Gasteiger partial charge in [-0.3, -0.25) is 5.32 Å². The van der Waals surface area contributed by atoms with E-state index >= 15 is 0 Å². The zero-order valence-electron chi connectivity index (χ0n) is 5.30. The van der Waals surface area contributed by atoms with Crippen molar-refractivity contribution in [3.8, 4) is 0 Å². The fourth-order valence-corrected chi connectivity index (χ4v) is 1.49. The molecule has 2 heterocycles. The van der Waals surface area contributed by atoms with Gasteiger partial charge in [0.25, 0.3) is 0 Å². The van der Waals surface area contributed by atoms with E-state index in [1.165, 1.54) is 19.3 Å². The second kappa shape index (κ2) is 2.86. The molecule has 2 rings (SSSR count). The molecule has 0 saturated carbocycles. The van der Waals surface area contributed by atoms with Gasteiger partial charge in [-0.25, -0.2) is 0 Å². The lowest BCUT2D eigenvalue weighted by molar-refractivity contribution is 0.0131. The van der Waals surface area contributed by atoms with Gasteiger partial charge in [-0.05, 0) is 19.3 Å². The highest BCUT2D eigenvalue weighted by molar-refractivity contribution is 5.85. The fourth-order valence-electron chi connectivity index (χ4n) is 1.49. The maximum atomic E-state index is 5.36. The van der Waals surface area contributed by atoms with Crippen LogP contribution >= 0.6 is 12.4 Å². The maximum absolute atomic E-state index is 5.36. The third kappa shape index (κ3) is 1.37. The molecule has 2 saturated heterocycles. The highest BCUT2D eigenvalue weighted by Crippen LogP contribution is 2.20. The summed E-state index contributed by atoms with van der Waals surface area (Å²) in [7, 11) is 0.